The Bertz CT molecular complexity index is 1440. The minimum absolute atomic E-state index is 0.0828. The lowest BCUT2D eigenvalue weighted by Gasteiger charge is -2.34. The van der Waals surface area contributed by atoms with Crippen molar-refractivity contribution in [3.63, 3.8) is 0 Å². The zero-order valence-electron chi connectivity index (χ0n) is 32.2. The monoisotopic (exact) mass is 707 g/mol. The van der Waals surface area contributed by atoms with Crippen LogP contribution in [0.15, 0.2) is 54.6 Å². The van der Waals surface area contributed by atoms with E-state index in [9.17, 15) is 24.3 Å². The van der Waals surface area contributed by atoms with Crippen LogP contribution in [-0.4, -0.2) is 86.8 Å². The summed E-state index contributed by atoms with van der Waals surface area (Å²) in [5.74, 6) is -4.67. The molecule has 282 valence electrons. The number of primary amides is 1. The fourth-order valence-electron chi connectivity index (χ4n) is 7.36. The molecule has 3 rings (SSSR count). The topological polar surface area (TPSA) is 139 Å². The first kappa shape index (κ1) is 41.7. The molecule has 0 aromatic heterocycles. The lowest BCUT2D eigenvalue weighted by atomic mass is 9.73. The number of carboxylic acid groups (broad SMARTS) is 1. The number of carboxylic acids is 1. The number of amides is 2. The summed E-state index contributed by atoms with van der Waals surface area (Å²) in [6.07, 6.45) is 2.65. The van der Waals surface area contributed by atoms with E-state index in [2.05, 4.69) is 57.5 Å². The van der Waals surface area contributed by atoms with Crippen LogP contribution >= 0.6 is 0 Å². The van der Waals surface area contributed by atoms with Crippen molar-refractivity contribution in [2.75, 3.05) is 48.0 Å². The molecule has 1 aliphatic carbocycles. The Morgan fingerprint density at radius 3 is 2.08 bits per heavy atom. The molecule has 1 fully saturated rings. The van der Waals surface area contributed by atoms with E-state index in [4.69, 9.17) is 10.5 Å². The lowest BCUT2D eigenvalue weighted by molar-refractivity contribution is -0.905. The largest absolute Gasteiger partial charge is 0.550 e. The zero-order chi connectivity index (χ0) is 37.9. The fraction of sp³-hybridized carbons (Fsp3) is 0.610. The van der Waals surface area contributed by atoms with Crippen molar-refractivity contribution in [1.82, 2.24) is 5.32 Å². The Morgan fingerprint density at radius 1 is 0.902 bits per heavy atom. The van der Waals surface area contributed by atoms with Gasteiger partial charge < -0.3 is 30.2 Å². The number of rotatable bonds is 20. The number of carbonyl (C=O) groups is 4. The van der Waals surface area contributed by atoms with Crippen LogP contribution in [0.1, 0.15) is 93.6 Å². The molecule has 51 heavy (non-hydrogen) atoms. The molecule has 10 nitrogen and oxygen atoms in total. The number of benzene rings is 2. The number of hydrogen-bond acceptors (Lipinski definition) is 6. The maximum atomic E-state index is 13.3. The highest BCUT2D eigenvalue weighted by atomic mass is 16.5. The summed E-state index contributed by atoms with van der Waals surface area (Å²) in [6, 6.07) is 17.3. The Morgan fingerprint density at radius 2 is 1.53 bits per heavy atom. The maximum absolute atomic E-state index is 13.3. The molecule has 1 aliphatic rings. The number of nitrogens with zero attached hydrogens (tertiary/aromatic N) is 2. The average molecular weight is 708 g/mol. The van der Waals surface area contributed by atoms with E-state index in [0.29, 0.717) is 42.2 Å². The smallest absolute Gasteiger partial charge is 0.312 e. The Hall–Kier alpha value is -3.76. The van der Waals surface area contributed by atoms with Gasteiger partial charge in [-0.2, -0.15) is 0 Å². The van der Waals surface area contributed by atoms with E-state index < -0.39 is 29.6 Å². The summed E-state index contributed by atoms with van der Waals surface area (Å²) in [7, 11) is 8.43. The van der Waals surface area contributed by atoms with Gasteiger partial charge in [0.2, 0.25) is 12.6 Å². The van der Waals surface area contributed by atoms with Gasteiger partial charge in [0, 0.05) is 35.0 Å². The van der Waals surface area contributed by atoms with Crippen LogP contribution in [-0.2, 0) is 25.7 Å². The van der Waals surface area contributed by atoms with E-state index in [1.807, 2.05) is 46.1 Å². The standard InChI is InChI=1S/C41H62N4O6/c1-9-30(38(42)46)24-37(40(48)49)36-25-35(43-39(47)32-15-13-12-14-16-32)23-34(36)22-33(21-28(4)41(50)51-27-45(7,8)11-3)31-19-17-29(18-20-31)26-44(5,6)10-2/h12-20,28,30,33-37H,9-11,21-27H2,1-8H3,(H2-2,42,43,46,47,48,49)/p+1. The average Bonchev–Trinajstić information content (AvgIpc) is 3.48. The van der Waals surface area contributed by atoms with Crippen molar-refractivity contribution in [3.05, 3.63) is 71.3 Å². The number of carbonyl (C=O) groups excluding carboxylic acids is 4. The van der Waals surface area contributed by atoms with E-state index in [-0.39, 0.29) is 48.8 Å². The molecule has 10 heteroatoms. The number of quaternary nitrogens is 2. The second-order valence-electron chi connectivity index (χ2n) is 16.2. The molecule has 0 heterocycles. The zero-order valence-corrected chi connectivity index (χ0v) is 32.2. The van der Waals surface area contributed by atoms with E-state index in [1.165, 1.54) is 5.56 Å². The van der Waals surface area contributed by atoms with Crippen LogP contribution in [0, 0.1) is 29.6 Å². The van der Waals surface area contributed by atoms with Gasteiger partial charge in [-0.25, -0.2) is 0 Å². The molecule has 2 aromatic carbocycles. The van der Waals surface area contributed by atoms with E-state index >= 15 is 0 Å². The van der Waals surface area contributed by atoms with Crippen LogP contribution in [0.3, 0.4) is 0 Å². The molecular weight excluding hydrogens is 644 g/mol. The number of ether oxygens (including phenoxy) is 1. The summed E-state index contributed by atoms with van der Waals surface area (Å²) in [6.45, 7) is 10.9. The molecular formula is C41H63N4O6+. The summed E-state index contributed by atoms with van der Waals surface area (Å²) >= 11 is 0. The van der Waals surface area contributed by atoms with Crippen molar-refractivity contribution in [1.29, 1.82) is 0 Å². The molecule has 1 saturated carbocycles. The molecule has 7 atom stereocenters. The number of nitrogens with one attached hydrogen (secondary N) is 1. The molecule has 2 amide bonds. The van der Waals surface area contributed by atoms with Crippen molar-refractivity contribution in [2.45, 2.75) is 84.7 Å². The molecule has 2 aromatic rings. The summed E-state index contributed by atoms with van der Waals surface area (Å²) in [4.78, 5) is 51.7. The van der Waals surface area contributed by atoms with Crippen LogP contribution in [0.4, 0.5) is 0 Å². The molecule has 3 N–H and O–H groups in total. The van der Waals surface area contributed by atoms with Gasteiger partial charge >= 0.3 is 5.97 Å². The molecule has 0 spiro atoms. The fourth-order valence-corrected chi connectivity index (χ4v) is 7.36. The first-order valence-corrected chi connectivity index (χ1v) is 18.7. The van der Waals surface area contributed by atoms with Crippen LogP contribution in [0.25, 0.3) is 0 Å². The lowest BCUT2D eigenvalue weighted by Crippen LogP contribution is -2.42. The van der Waals surface area contributed by atoms with Crippen molar-refractivity contribution < 1.29 is 38.0 Å². The predicted molar refractivity (Wildman–Crippen MR) is 198 cm³/mol. The van der Waals surface area contributed by atoms with Crippen molar-refractivity contribution >= 4 is 23.8 Å². The highest BCUT2D eigenvalue weighted by Crippen LogP contribution is 2.46. The second-order valence-corrected chi connectivity index (χ2v) is 16.2. The number of nitrogens with two attached hydrogens (primary N) is 1. The first-order valence-electron chi connectivity index (χ1n) is 18.7. The van der Waals surface area contributed by atoms with Crippen LogP contribution in [0.5, 0.6) is 0 Å². The highest BCUT2D eigenvalue weighted by molar-refractivity contribution is 5.94. The summed E-state index contributed by atoms with van der Waals surface area (Å²) in [5.41, 5.74) is 8.52. The van der Waals surface area contributed by atoms with Crippen LogP contribution < -0.4 is 16.2 Å². The van der Waals surface area contributed by atoms with Gasteiger partial charge in [-0.15, -0.1) is 0 Å². The van der Waals surface area contributed by atoms with Gasteiger partial charge in [-0.3, -0.25) is 18.9 Å². The SMILES string of the molecule is CCC(CC(C(=O)[O-])C1CC(NC(=O)c2ccccc2)CC1CC(CC(C)C(=O)OC[N+](C)(C)CC)c1ccc(C[N+](C)(C)CC)cc1)C(N)=O. The predicted octanol–water partition coefficient (Wildman–Crippen LogP) is 4.47. The quantitative estimate of drug-likeness (QED) is 0.118. The van der Waals surface area contributed by atoms with Crippen LogP contribution in [0.2, 0.25) is 0 Å². The number of esters is 1. The molecule has 7 unspecified atom stereocenters. The van der Waals surface area contributed by atoms with Gasteiger partial charge in [0.25, 0.3) is 5.91 Å². The molecule has 0 saturated heterocycles. The second kappa shape index (κ2) is 18.6. The Balaban J connectivity index is 1.97. The van der Waals surface area contributed by atoms with Gasteiger partial charge in [-0.05, 0) is 87.8 Å². The van der Waals surface area contributed by atoms with Gasteiger partial charge in [0.05, 0.1) is 47.2 Å². The third kappa shape index (κ3) is 12.5. The summed E-state index contributed by atoms with van der Waals surface area (Å²) < 4.78 is 7.19. The summed E-state index contributed by atoms with van der Waals surface area (Å²) in [5, 5.41) is 16.0. The third-order valence-electron chi connectivity index (χ3n) is 11.3. The minimum Gasteiger partial charge on any atom is -0.550 e. The highest BCUT2D eigenvalue weighted by Gasteiger charge is 2.42. The van der Waals surface area contributed by atoms with Crippen molar-refractivity contribution in [3.8, 4) is 0 Å². The van der Waals surface area contributed by atoms with E-state index in [1.54, 1.807) is 12.1 Å². The Kier molecular flexibility index (Phi) is 15.2. The first-order chi connectivity index (χ1) is 24.0. The molecule has 0 radical (unpaired) electrons. The van der Waals surface area contributed by atoms with E-state index in [0.717, 1.165) is 29.7 Å². The number of hydrogen-bond donors (Lipinski definition) is 2. The molecule has 0 bridgehead atoms. The normalized spacial score (nSPS) is 20.2. The van der Waals surface area contributed by atoms with Crippen molar-refractivity contribution in [2.24, 2.45) is 35.3 Å². The molecule has 0 aliphatic heterocycles. The van der Waals surface area contributed by atoms with Gasteiger partial charge in [0.15, 0.2) is 0 Å². The maximum Gasteiger partial charge on any atom is 0.312 e. The van der Waals surface area contributed by atoms with Gasteiger partial charge in [-0.1, -0.05) is 56.3 Å². The van der Waals surface area contributed by atoms with Gasteiger partial charge in [0.1, 0.15) is 6.54 Å². The minimum atomic E-state index is -1.20. The Labute approximate surface area is 305 Å². The number of aliphatic carboxylic acids is 1. The third-order valence-corrected chi connectivity index (χ3v) is 11.3.